The van der Waals surface area contributed by atoms with Crippen molar-refractivity contribution in [2.24, 2.45) is 0 Å². The van der Waals surface area contributed by atoms with Gasteiger partial charge in [-0.25, -0.2) is 0 Å². The molecule has 1 aliphatic heterocycles. The van der Waals surface area contributed by atoms with Crippen LogP contribution in [0.5, 0.6) is 0 Å². The van der Waals surface area contributed by atoms with E-state index in [4.69, 9.17) is 0 Å². The summed E-state index contributed by atoms with van der Waals surface area (Å²) in [7, 11) is 1.80. The fourth-order valence-corrected chi connectivity index (χ4v) is 4.00. The molecule has 1 aliphatic rings. The van der Waals surface area contributed by atoms with Gasteiger partial charge in [0.1, 0.15) is 0 Å². The lowest BCUT2D eigenvalue weighted by atomic mass is 9.73. The summed E-state index contributed by atoms with van der Waals surface area (Å²) >= 11 is 0. The number of unbranched alkanes of at least 4 members (excludes halogenated alkanes) is 2. The molecular weight excluding hydrogens is 336 g/mol. The first kappa shape index (κ1) is 19.2. The number of rotatable bonds is 8. The molecule has 0 saturated heterocycles. The third-order valence-electron chi connectivity index (χ3n) is 5.41. The molecule has 0 aliphatic carbocycles. The minimum Gasteiger partial charge on any atom is -0.356 e. The topological polar surface area (TPSA) is 49.4 Å². The molecule has 1 atom stereocenters. The summed E-state index contributed by atoms with van der Waals surface area (Å²) in [6.07, 6.45) is 3.88. The molecule has 0 saturated carbocycles. The van der Waals surface area contributed by atoms with E-state index in [0.29, 0.717) is 13.0 Å². The van der Waals surface area contributed by atoms with Crippen molar-refractivity contribution in [2.45, 2.75) is 44.4 Å². The van der Waals surface area contributed by atoms with E-state index < -0.39 is 5.41 Å². The fourth-order valence-electron chi connectivity index (χ4n) is 4.00. The summed E-state index contributed by atoms with van der Waals surface area (Å²) in [5.41, 5.74) is 2.07. The Kier molecular flexibility index (Phi) is 5.94. The Labute approximate surface area is 161 Å². The van der Waals surface area contributed by atoms with Crippen LogP contribution >= 0.6 is 0 Å². The molecule has 1 heterocycles. The van der Waals surface area contributed by atoms with Gasteiger partial charge in [-0.15, -0.1) is 0 Å². The number of fused-ring (bicyclic) bond motifs is 1. The number of carbonyl (C=O) groups is 2. The van der Waals surface area contributed by atoms with E-state index in [1.807, 2.05) is 54.6 Å². The second-order valence-electron chi connectivity index (χ2n) is 7.36. The van der Waals surface area contributed by atoms with Crippen molar-refractivity contribution in [3.8, 4) is 0 Å². The van der Waals surface area contributed by atoms with Gasteiger partial charge in [-0.05, 0) is 30.0 Å². The van der Waals surface area contributed by atoms with Crippen LogP contribution in [-0.2, 0) is 21.4 Å². The molecule has 1 N–H and O–H groups in total. The first-order valence-electron chi connectivity index (χ1n) is 9.77. The summed E-state index contributed by atoms with van der Waals surface area (Å²) < 4.78 is 0. The van der Waals surface area contributed by atoms with Gasteiger partial charge < -0.3 is 10.2 Å². The molecule has 0 bridgehead atoms. The van der Waals surface area contributed by atoms with Crippen LogP contribution in [0.25, 0.3) is 0 Å². The molecule has 4 heteroatoms. The number of para-hydroxylation sites is 1. The van der Waals surface area contributed by atoms with Crippen molar-refractivity contribution in [1.82, 2.24) is 5.32 Å². The highest BCUT2D eigenvalue weighted by Gasteiger charge is 2.50. The first-order chi connectivity index (χ1) is 13.1. The fraction of sp³-hybridized carbons (Fsp3) is 0.391. The van der Waals surface area contributed by atoms with Gasteiger partial charge in [-0.3, -0.25) is 9.59 Å². The van der Waals surface area contributed by atoms with E-state index in [9.17, 15) is 9.59 Å². The van der Waals surface area contributed by atoms with Gasteiger partial charge in [-0.2, -0.15) is 0 Å². The minimum atomic E-state index is -0.846. The number of hydrogen-bond acceptors (Lipinski definition) is 2. The number of nitrogens with zero attached hydrogens (tertiary/aromatic N) is 1. The lowest BCUT2D eigenvalue weighted by molar-refractivity contribution is -0.129. The van der Waals surface area contributed by atoms with E-state index in [-0.39, 0.29) is 18.2 Å². The van der Waals surface area contributed by atoms with Crippen LogP contribution in [0, 0.1) is 0 Å². The van der Waals surface area contributed by atoms with Gasteiger partial charge in [0.2, 0.25) is 11.8 Å². The van der Waals surface area contributed by atoms with Crippen molar-refractivity contribution in [3.63, 3.8) is 0 Å². The lowest BCUT2D eigenvalue weighted by Crippen LogP contribution is -2.44. The second-order valence-corrected chi connectivity index (χ2v) is 7.36. The number of amides is 2. The normalized spacial score (nSPS) is 18.4. The quantitative estimate of drug-likeness (QED) is 0.724. The van der Waals surface area contributed by atoms with Gasteiger partial charge in [-0.1, -0.05) is 68.3 Å². The van der Waals surface area contributed by atoms with Crippen LogP contribution < -0.4 is 10.2 Å². The number of anilines is 1. The first-order valence-corrected chi connectivity index (χ1v) is 9.77. The molecule has 27 heavy (non-hydrogen) atoms. The molecule has 2 amide bonds. The van der Waals surface area contributed by atoms with Gasteiger partial charge in [0.25, 0.3) is 0 Å². The van der Waals surface area contributed by atoms with Crippen LogP contribution in [0.15, 0.2) is 54.6 Å². The summed E-state index contributed by atoms with van der Waals surface area (Å²) in [6, 6.07) is 17.8. The summed E-state index contributed by atoms with van der Waals surface area (Å²) in [6.45, 7) is 2.81. The molecule has 2 aromatic carbocycles. The largest absolute Gasteiger partial charge is 0.356 e. The van der Waals surface area contributed by atoms with Crippen molar-refractivity contribution in [3.05, 3.63) is 65.7 Å². The molecule has 3 rings (SSSR count). The molecule has 2 aromatic rings. The third-order valence-corrected chi connectivity index (χ3v) is 5.41. The highest BCUT2D eigenvalue weighted by atomic mass is 16.2. The van der Waals surface area contributed by atoms with E-state index in [2.05, 4.69) is 12.2 Å². The van der Waals surface area contributed by atoms with E-state index >= 15 is 0 Å². The molecule has 0 spiro atoms. The van der Waals surface area contributed by atoms with Crippen molar-refractivity contribution in [2.75, 3.05) is 18.5 Å². The average Bonchev–Trinajstić information content (AvgIpc) is 2.89. The Morgan fingerprint density at radius 2 is 1.74 bits per heavy atom. The Bertz CT molecular complexity index is 803. The Morgan fingerprint density at radius 1 is 1.04 bits per heavy atom. The predicted octanol–water partition coefficient (Wildman–Crippen LogP) is 3.84. The van der Waals surface area contributed by atoms with E-state index in [1.165, 1.54) is 0 Å². The van der Waals surface area contributed by atoms with Crippen molar-refractivity contribution < 1.29 is 9.59 Å². The highest BCUT2D eigenvalue weighted by molar-refractivity contribution is 6.09. The zero-order valence-electron chi connectivity index (χ0n) is 16.2. The summed E-state index contributed by atoms with van der Waals surface area (Å²) in [5.74, 6) is -0.0586. The molecule has 0 fully saturated rings. The van der Waals surface area contributed by atoms with Crippen LogP contribution in [0.2, 0.25) is 0 Å². The Morgan fingerprint density at radius 3 is 2.48 bits per heavy atom. The molecule has 1 unspecified atom stereocenters. The van der Waals surface area contributed by atoms with Crippen molar-refractivity contribution >= 4 is 17.5 Å². The average molecular weight is 364 g/mol. The SMILES string of the molecule is CCCCCNC(=O)CC1(Cc2ccccc2)C(=O)N(C)c2ccccc21. The number of likely N-dealkylation sites (N-methyl/N-ethyl adjacent to an activating group) is 1. The van der Waals surface area contributed by atoms with Gasteiger partial charge >= 0.3 is 0 Å². The van der Waals surface area contributed by atoms with E-state index in [0.717, 1.165) is 36.1 Å². The third kappa shape index (κ3) is 3.90. The monoisotopic (exact) mass is 364 g/mol. The molecule has 142 valence electrons. The smallest absolute Gasteiger partial charge is 0.238 e. The molecular formula is C23H28N2O2. The van der Waals surface area contributed by atoms with E-state index in [1.54, 1.807) is 11.9 Å². The van der Waals surface area contributed by atoms with Crippen LogP contribution in [-0.4, -0.2) is 25.4 Å². The maximum Gasteiger partial charge on any atom is 0.238 e. The highest BCUT2D eigenvalue weighted by Crippen LogP contribution is 2.45. The maximum absolute atomic E-state index is 13.3. The van der Waals surface area contributed by atoms with Gasteiger partial charge in [0.15, 0.2) is 0 Å². The lowest BCUT2D eigenvalue weighted by Gasteiger charge is -2.28. The van der Waals surface area contributed by atoms with Crippen LogP contribution in [0.3, 0.4) is 0 Å². The Balaban J connectivity index is 1.91. The number of hydrogen-bond donors (Lipinski definition) is 1. The molecule has 4 nitrogen and oxygen atoms in total. The number of benzene rings is 2. The maximum atomic E-state index is 13.3. The zero-order chi connectivity index (χ0) is 19.3. The van der Waals surface area contributed by atoms with Gasteiger partial charge in [0, 0.05) is 25.7 Å². The number of nitrogens with one attached hydrogen (secondary N) is 1. The van der Waals surface area contributed by atoms with Gasteiger partial charge in [0.05, 0.1) is 5.41 Å². The minimum absolute atomic E-state index is 0.00346. The molecule has 0 radical (unpaired) electrons. The molecule has 0 aromatic heterocycles. The summed E-state index contributed by atoms with van der Waals surface area (Å²) in [5, 5.41) is 3.01. The summed E-state index contributed by atoms with van der Waals surface area (Å²) in [4.78, 5) is 27.8. The van der Waals surface area contributed by atoms with Crippen LogP contribution in [0.1, 0.15) is 43.7 Å². The second kappa shape index (κ2) is 8.38. The standard InChI is InChI=1S/C23H28N2O2/c1-3-4-10-15-24-21(26)17-23(16-18-11-6-5-7-12-18)19-13-8-9-14-20(19)25(2)22(23)27/h5-9,11-14H,3-4,10,15-17H2,1-2H3,(H,24,26). The number of carbonyl (C=O) groups excluding carboxylic acids is 2. The van der Waals surface area contributed by atoms with Crippen molar-refractivity contribution in [1.29, 1.82) is 0 Å². The predicted molar refractivity (Wildman–Crippen MR) is 109 cm³/mol. The van der Waals surface area contributed by atoms with Crippen LogP contribution in [0.4, 0.5) is 5.69 Å². The Hall–Kier alpha value is -2.62. The zero-order valence-corrected chi connectivity index (χ0v) is 16.2.